The van der Waals surface area contributed by atoms with E-state index >= 15 is 0 Å². The van der Waals surface area contributed by atoms with Crippen LogP contribution in [0.2, 0.25) is 0 Å². The molecule has 0 amide bonds. The molecule has 7 nitrogen and oxygen atoms in total. The number of carbonyl (C=O) groups is 2. The third-order valence-electron chi connectivity index (χ3n) is 7.30. The maximum Gasteiger partial charge on any atom is 0.330 e. The SMILES string of the molecule is C=CCCCCCOC1CCC(C(=O)Oc2ccc(C=CC(=O)OCC(C)(C)c3ccc(N)cc3N)cc2)CC1. The predicted octanol–water partition coefficient (Wildman–Crippen LogP) is 6.61. The van der Waals surface area contributed by atoms with E-state index in [1.807, 2.05) is 26.0 Å². The minimum absolute atomic E-state index is 0.102. The van der Waals surface area contributed by atoms with Crippen molar-refractivity contribution >= 4 is 29.4 Å². The van der Waals surface area contributed by atoms with Crippen LogP contribution in [0.4, 0.5) is 11.4 Å². The van der Waals surface area contributed by atoms with Crippen molar-refractivity contribution in [2.75, 3.05) is 24.7 Å². The molecule has 0 aromatic heterocycles. The van der Waals surface area contributed by atoms with Crippen molar-refractivity contribution in [3.8, 4) is 5.75 Å². The summed E-state index contributed by atoms with van der Waals surface area (Å²) in [4.78, 5) is 25.0. The molecule has 3 rings (SSSR count). The predicted molar refractivity (Wildman–Crippen MR) is 161 cm³/mol. The van der Waals surface area contributed by atoms with E-state index < -0.39 is 11.4 Å². The Hall–Kier alpha value is -3.58. The van der Waals surface area contributed by atoms with E-state index in [0.29, 0.717) is 17.1 Å². The summed E-state index contributed by atoms with van der Waals surface area (Å²) in [6.45, 7) is 8.62. The molecule has 0 saturated heterocycles. The molecule has 1 fully saturated rings. The average Bonchev–Trinajstić information content (AvgIpc) is 2.93. The summed E-state index contributed by atoms with van der Waals surface area (Å²) >= 11 is 0. The lowest BCUT2D eigenvalue weighted by molar-refractivity contribution is -0.141. The van der Waals surface area contributed by atoms with Crippen LogP contribution in [0, 0.1) is 5.92 Å². The first-order valence-electron chi connectivity index (χ1n) is 14.2. The van der Waals surface area contributed by atoms with E-state index in [1.165, 1.54) is 6.08 Å². The van der Waals surface area contributed by atoms with E-state index in [0.717, 1.165) is 69.1 Å². The largest absolute Gasteiger partial charge is 0.462 e. The highest BCUT2D eigenvalue weighted by molar-refractivity contribution is 5.87. The van der Waals surface area contributed by atoms with E-state index in [1.54, 1.807) is 42.5 Å². The fraction of sp³-hybridized carbons (Fsp3) is 0.455. The molecule has 4 N–H and O–H groups in total. The monoisotopic (exact) mass is 548 g/mol. The lowest BCUT2D eigenvalue weighted by Gasteiger charge is -2.27. The van der Waals surface area contributed by atoms with Gasteiger partial charge in [0, 0.05) is 29.5 Å². The molecule has 2 aromatic carbocycles. The van der Waals surface area contributed by atoms with E-state index in [4.69, 9.17) is 25.7 Å². The third kappa shape index (κ3) is 9.87. The zero-order valence-corrected chi connectivity index (χ0v) is 23.9. The summed E-state index contributed by atoms with van der Waals surface area (Å²) in [5.41, 5.74) is 14.2. The maximum absolute atomic E-state index is 12.7. The summed E-state index contributed by atoms with van der Waals surface area (Å²) < 4.78 is 17.1. The number of carbonyl (C=O) groups excluding carboxylic acids is 2. The van der Waals surface area contributed by atoms with E-state index in [-0.39, 0.29) is 24.6 Å². The number of hydrogen-bond donors (Lipinski definition) is 2. The lowest BCUT2D eigenvalue weighted by atomic mass is 9.84. The molecule has 0 radical (unpaired) electrons. The second kappa shape index (κ2) is 15.3. The molecule has 0 unspecified atom stereocenters. The Labute approximate surface area is 238 Å². The van der Waals surface area contributed by atoms with Gasteiger partial charge in [-0.15, -0.1) is 6.58 Å². The highest BCUT2D eigenvalue weighted by atomic mass is 16.5. The molecule has 0 spiro atoms. The Bertz CT molecular complexity index is 1150. The maximum atomic E-state index is 12.7. The Balaban J connectivity index is 1.38. The summed E-state index contributed by atoms with van der Waals surface area (Å²) in [7, 11) is 0. The smallest absolute Gasteiger partial charge is 0.330 e. The van der Waals surface area contributed by atoms with Gasteiger partial charge in [-0.1, -0.05) is 44.5 Å². The van der Waals surface area contributed by atoms with Crippen molar-refractivity contribution in [3.05, 3.63) is 72.3 Å². The van der Waals surface area contributed by atoms with Gasteiger partial charge in [-0.05, 0) is 86.4 Å². The van der Waals surface area contributed by atoms with Crippen LogP contribution >= 0.6 is 0 Å². The number of unbranched alkanes of at least 4 members (excludes halogenated alkanes) is 3. The molecule has 0 aliphatic heterocycles. The van der Waals surface area contributed by atoms with Gasteiger partial charge in [-0.3, -0.25) is 4.79 Å². The first-order valence-corrected chi connectivity index (χ1v) is 14.2. The van der Waals surface area contributed by atoms with Crippen LogP contribution < -0.4 is 16.2 Å². The second-order valence-electron chi connectivity index (χ2n) is 11.1. The van der Waals surface area contributed by atoms with Gasteiger partial charge in [0.05, 0.1) is 12.0 Å². The molecule has 40 heavy (non-hydrogen) atoms. The molecular formula is C33H44N2O5. The highest BCUT2D eigenvalue weighted by Crippen LogP contribution is 2.30. The number of allylic oxidation sites excluding steroid dienone is 1. The number of ether oxygens (including phenoxy) is 3. The van der Waals surface area contributed by atoms with E-state index in [2.05, 4.69) is 6.58 Å². The van der Waals surface area contributed by atoms with Crippen molar-refractivity contribution in [1.29, 1.82) is 0 Å². The quantitative estimate of drug-likeness (QED) is 0.0681. The van der Waals surface area contributed by atoms with Crippen molar-refractivity contribution < 1.29 is 23.8 Å². The number of benzene rings is 2. The lowest BCUT2D eigenvalue weighted by Crippen LogP contribution is -2.29. The summed E-state index contributed by atoms with van der Waals surface area (Å²) in [6.07, 6.45) is 13.0. The Morgan fingerprint density at radius 2 is 1.73 bits per heavy atom. The van der Waals surface area contributed by atoms with Crippen molar-refractivity contribution in [3.63, 3.8) is 0 Å². The number of rotatable bonds is 14. The molecule has 0 bridgehead atoms. The van der Waals surface area contributed by atoms with Gasteiger partial charge >= 0.3 is 11.9 Å². The van der Waals surface area contributed by atoms with Crippen molar-refractivity contribution in [1.82, 2.24) is 0 Å². The minimum Gasteiger partial charge on any atom is -0.462 e. The van der Waals surface area contributed by atoms with Crippen LogP contribution in [0.5, 0.6) is 5.75 Å². The van der Waals surface area contributed by atoms with Crippen LogP contribution in [0.1, 0.15) is 76.3 Å². The first-order chi connectivity index (χ1) is 19.2. The summed E-state index contributed by atoms with van der Waals surface area (Å²) in [6, 6.07) is 12.4. The molecule has 1 aliphatic carbocycles. The van der Waals surface area contributed by atoms with Crippen LogP contribution in [0.15, 0.2) is 61.2 Å². The Morgan fingerprint density at radius 1 is 1.00 bits per heavy atom. The zero-order valence-electron chi connectivity index (χ0n) is 23.9. The van der Waals surface area contributed by atoms with Gasteiger partial charge in [-0.25, -0.2) is 4.79 Å². The molecule has 0 heterocycles. The number of esters is 2. The molecular weight excluding hydrogens is 504 g/mol. The van der Waals surface area contributed by atoms with Crippen molar-refractivity contribution in [2.45, 2.75) is 76.7 Å². The number of nitrogen functional groups attached to an aromatic ring is 2. The molecule has 0 atom stereocenters. The van der Waals surface area contributed by atoms with Gasteiger partial charge in [0.15, 0.2) is 0 Å². The Kier molecular flexibility index (Phi) is 11.8. The summed E-state index contributed by atoms with van der Waals surface area (Å²) in [5, 5.41) is 0. The highest BCUT2D eigenvalue weighted by Gasteiger charge is 2.28. The molecule has 1 aliphatic rings. The van der Waals surface area contributed by atoms with Crippen LogP contribution in [-0.4, -0.2) is 31.3 Å². The number of hydrogen-bond acceptors (Lipinski definition) is 7. The third-order valence-corrected chi connectivity index (χ3v) is 7.30. The number of anilines is 2. The molecule has 2 aromatic rings. The number of nitrogens with two attached hydrogens (primary N) is 2. The van der Waals surface area contributed by atoms with Gasteiger partial charge in [0.1, 0.15) is 12.4 Å². The standard InChI is InChI=1S/C33H44N2O5/c1-4-5-6-7-8-21-38-27-17-12-25(13-18-27)32(37)40-28-15-9-24(10-16-28)11-20-31(36)39-23-33(2,3)29-19-14-26(34)22-30(29)35/h4,9-11,14-16,19-20,22,25,27H,1,5-8,12-13,17-18,21,23,34-35H2,2-3H3. The van der Waals surface area contributed by atoms with Gasteiger partial charge in [-0.2, -0.15) is 0 Å². The molecule has 216 valence electrons. The van der Waals surface area contributed by atoms with Gasteiger partial charge in [0.2, 0.25) is 0 Å². The first kappa shape index (κ1) is 31.0. The molecule has 7 heteroatoms. The van der Waals surface area contributed by atoms with Gasteiger partial charge < -0.3 is 25.7 Å². The van der Waals surface area contributed by atoms with Crippen LogP contribution in [-0.2, 0) is 24.5 Å². The normalized spacial score (nSPS) is 17.4. The fourth-order valence-corrected chi connectivity index (χ4v) is 4.87. The zero-order chi connectivity index (χ0) is 29.0. The minimum atomic E-state index is -0.468. The van der Waals surface area contributed by atoms with Gasteiger partial charge in [0.25, 0.3) is 0 Å². The average molecular weight is 549 g/mol. The summed E-state index contributed by atoms with van der Waals surface area (Å²) in [5.74, 6) is -0.260. The Morgan fingerprint density at radius 3 is 2.40 bits per heavy atom. The fourth-order valence-electron chi connectivity index (χ4n) is 4.87. The van der Waals surface area contributed by atoms with Crippen LogP contribution in [0.25, 0.3) is 6.08 Å². The van der Waals surface area contributed by atoms with Crippen molar-refractivity contribution in [2.24, 2.45) is 5.92 Å². The van der Waals surface area contributed by atoms with E-state index in [9.17, 15) is 9.59 Å². The second-order valence-corrected chi connectivity index (χ2v) is 11.1. The molecule has 1 saturated carbocycles. The topological polar surface area (TPSA) is 114 Å². The van der Waals surface area contributed by atoms with Crippen LogP contribution in [0.3, 0.4) is 0 Å².